The molecule has 13 aromatic carbocycles. The van der Waals surface area contributed by atoms with Crippen LogP contribution in [0.4, 0.5) is 0 Å². The number of fused-ring (bicyclic) bond motifs is 17. The average molecular weight is 1240 g/mol. The standard InChI is InChI=1S/C48H33N5.C39H24N4O/c1-48(2)39-24-14-12-22-33(39)37-28-38-36-27-26-35-34-23-13-15-25-41(34)52(32-20-10-5-11-21-32)43(35)44(36)53(42(38)29-40(37)48)47-50-45(30-16-6-3-7-17-30)49-46(51-47)31-18-8-4-9-19-31;1-3-11-25(12-4-1)37-40-38(26-13-5-2-6-14-26)42-39(41-37)27-19-21-28(22-20-27)43-33-17-9-7-15-29(33)31-23-24-32-30-16-8-10-18-34(30)44-36(32)35(31)43/h3-29H,1-2H3;1-24H. The number of furan rings is 1. The van der Waals surface area contributed by atoms with Gasteiger partial charge in [0, 0.05) is 87.7 Å². The molecule has 0 fully saturated rings. The van der Waals surface area contributed by atoms with E-state index >= 15 is 0 Å². The third-order valence-corrected chi connectivity index (χ3v) is 19.4. The monoisotopic (exact) mass is 1240 g/mol. The van der Waals surface area contributed by atoms with Gasteiger partial charge in [0.1, 0.15) is 5.58 Å². The fourth-order valence-electron chi connectivity index (χ4n) is 14.9. The maximum absolute atomic E-state index is 6.51. The maximum atomic E-state index is 6.51. The highest BCUT2D eigenvalue weighted by Gasteiger charge is 2.37. The molecule has 6 heterocycles. The molecule has 0 radical (unpaired) electrons. The topological polar surface area (TPSA) is 105 Å². The number of aromatic nitrogens is 9. The van der Waals surface area contributed by atoms with Gasteiger partial charge in [-0.1, -0.05) is 250 Å². The summed E-state index contributed by atoms with van der Waals surface area (Å²) in [7, 11) is 0. The second kappa shape index (κ2) is 22.1. The highest BCUT2D eigenvalue weighted by atomic mass is 16.3. The Morgan fingerprint density at radius 1 is 0.268 bits per heavy atom. The van der Waals surface area contributed by atoms with E-state index in [0.29, 0.717) is 35.1 Å². The average Bonchev–Trinajstić information content (AvgIpc) is 1.54. The van der Waals surface area contributed by atoms with Gasteiger partial charge in [0.05, 0.1) is 33.1 Å². The number of rotatable bonds is 8. The van der Waals surface area contributed by atoms with E-state index in [1.165, 1.54) is 43.8 Å². The number of para-hydroxylation sites is 4. The fourth-order valence-corrected chi connectivity index (χ4v) is 14.9. The summed E-state index contributed by atoms with van der Waals surface area (Å²) in [6.45, 7) is 4.68. The molecule has 6 aromatic heterocycles. The SMILES string of the molecule is CC1(C)c2ccccc2-c2cc3c4ccc5c6ccccc6n(-c6ccccc6)c5c4n(-c4nc(-c5ccccc5)nc(-c5ccccc5)n4)c3cc21.c1ccc(-c2nc(-c3ccccc3)nc(-c3ccc(-n4c5ccccc5c5ccc6c7ccccc7oc6c54)cc3)n2)cc1. The molecule has 1 aliphatic carbocycles. The molecule has 0 N–H and O–H groups in total. The minimum absolute atomic E-state index is 0.181. The Morgan fingerprint density at radius 2 is 0.670 bits per heavy atom. The predicted octanol–water partition coefficient (Wildman–Crippen LogP) is 21.6. The van der Waals surface area contributed by atoms with E-state index in [1.54, 1.807) is 0 Å². The lowest BCUT2D eigenvalue weighted by molar-refractivity contribution is 0.661. The van der Waals surface area contributed by atoms with E-state index in [1.807, 2.05) is 109 Å². The zero-order valence-electron chi connectivity index (χ0n) is 52.9. The van der Waals surface area contributed by atoms with Crippen LogP contribution in [-0.2, 0) is 5.41 Å². The summed E-state index contributed by atoms with van der Waals surface area (Å²) < 4.78 is 13.5. The Morgan fingerprint density at radius 3 is 1.23 bits per heavy atom. The third-order valence-electron chi connectivity index (χ3n) is 19.4. The second-order valence-corrected chi connectivity index (χ2v) is 25.4. The van der Waals surface area contributed by atoms with Crippen molar-refractivity contribution in [2.24, 2.45) is 0 Å². The van der Waals surface area contributed by atoms with Crippen molar-refractivity contribution in [3.8, 4) is 85.4 Å². The van der Waals surface area contributed by atoms with E-state index in [-0.39, 0.29) is 5.41 Å². The minimum atomic E-state index is -0.181. The van der Waals surface area contributed by atoms with Gasteiger partial charge in [-0.3, -0.25) is 4.57 Å². The van der Waals surface area contributed by atoms with Crippen LogP contribution in [0, 0.1) is 0 Å². The smallest absolute Gasteiger partial charge is 0.238 e. The lowest BCUT2D eigenvalue weighted by atomic mass is 9.82. The third kappa shape index (κ3) is 8.95. The minimum Gasteiger partial charge on any atom is -0.454 e. The lowest BCUT2D eigenvalue weighted by Gasteiger charge is -2.21. The number of hydrogen-bond donors (Lipinski definition) is 0. The summed E-state index contributed by atoms with van der Waals surface area (Å²) in [6, 6.07) is 108. The Hall–Kier alpha value is -12.9. The normalized spacial score (nSPS) is 12.5. The molecule has 20 rings (SSSR count). The van der Waals surface area contributed by atoms with Crippen molar-refractivity contribution in [3.63, 3.8) is 0 Å². The molecule has 0 spiro atoms. The van der Waals surface area contributed by atoms with Gasteiger partial charge in [-0.05, 0) is 95.1 Å². The lowest BCUT2D eigenvalue weighted by Crippen LogP contribution is -2.15. The van der Waals surface area contributed by atoms with E-state index < -0.39 is 0 Å². The van der Waals surface area contributed by atoms with Gasteiger partial charge >= 0.3 is 0 Å². The molecule has 0 saturated carbocycles. The molecule has 0 aliphatic heterocycles. The van der Waals surface area contributed by atoms with Crippen LogP contribution < -0.4 is 0 Å². The summed E-state index contributed by atoms with van der Waals surface area (Å²) in [5, 5.41) is 9.28. The molecule has 1 aliphatic rings. The first-order valence-corrected chi connectivity index (χ1v) is 32.8. The van der Waals surface area contributed by atoms with Crippen molar-refractivity contribution in [1.29, 1.82) is 0 Å². The van der Waals surface area contributed by atoms with Gasteiger partial charge in [-0.15, -0.1) is 0 Å². The first kappa shape index (κ1) is 55.7. The van der Waals surface area contributed by atoms with Crippen molar-refractivity contribution in [3.05, 3.63) is 321 Å². The van der Waals surface area contributed by atoms with E-state index in [9.17, 15) is 0 Å². The number of hydrogen-bond acceptors (Lipinski definition) is 7. The van der Waals surface area contributed by atoms with Crippen LogP contribution in [0.1, 0.15) is 25.0 Å². The molecule has 456 valence electrons. The van der Waals surface area contributed by atoms with Gasteiger partial charge in [-0.2, -0.15) is 9.97 Å². The van der Waals surface area contributed by atoms with Crippen LogP contribution in [0.3, 0.4) is 0 Å². The summed E-state index contributed by atoms with van der Waals surface area (Å²) >= 11 is 0. The largest absolute Gasteiger partial charge is 0.454 e. The van der Waals surface area contributed by atoms with Crippen molar-refractivity contribution >= 4 is 87.4 Å². The molecule has 0 amide bonds. The van der Waals surface area contributed by atoms with Crippen molar-refractivity contribution in [2.75, 3.05) is 0 Å². The number of benzene rings is 13. The molecule has 0 bridgehead atoms. The quantitative estimate of drug-likeness (QED) is 0.149. The Balaban J connectivity index is 0.000000139. The van der Waals surface area contributed by atoms with Crippen molar-refractivity contribution < 1.29 is 4.42 Å². The molecule has 19 aromatic rings. The van der Waals surface area contributed by atoms with Gasteiger partial charge in [-0.25, -0.2) is 19.9 Å². The van der Waals surface area contributed by atoms with Gasteiger partial charge in [0.2, 0.25) is 5.95 Å². The van der Waals surface area contributed by atoms with Crippen molar-refractivity contribution in [1.82, 2.24) is 43.6 Å². The van der Waals surface area contributed by atoms with Crippen molar-refractivity contribution in [2.45, 2.75) is 19.3 Å². The van der Waals surface area contributed by atoms with E-state index in [2.05, 4.69) is 228 Å². The molecule has 10 nitrogen and oxygen atoms in total. The summed E-state index contributed by atoms with van der Waals surface area (Å²) in [6.07, 6.45) is 0. The van der Waals surface area contributed by atoms with Crippen LogP contribution in [0.5, 0.6) is 0 Å². The van der Waals surface area contributed by atoms with E-state index in [0.717, 1.165) is 105 Å². The maximum Gasteiger partial charge on any atom is 0.238 e. The highest BCUT2D eigenvalue weighted by Crippen LogP contribution is 2.52. The molecular formula is C87H57N9O. The molecule has 0 unspecified atom stereocenters. The second-order valence-electron chi connectivity index (χ2n) is 25.4. The summed E-state index contributed by atoms with van der Waals surface area (Å²) in [5.41, 5.74) is 20.3. The van der Waals surface area contributed by atoms with Crippen LogP contribution in [-0.4, -0.2) is 43.6 Å². The Labute approximate surface area is 557 Å². The summed E-state index contributed by atoms with van der Waals surface area (Å²) in [5.74, 6) is 3.78. The first-order valence-electron chi connectivity index (χ1n) is 32.8. The van der Waals surface area contributed by atoms with E-state index in [4.69, 9.17) is 34.3 Å². The van der Waals surface area contributed by atoms with Gasteiger partial charge in [0.15, 0.2) is 34.7 Å². The van der Waals surface area contributed by atoms with Crippen LogP contribution in [0.2, 0.25) is 0 Å². The fraction of sp³-hybridized carbons (Fsp3) is 0.0345. The van der Waals surface area contributed by atoms with Crippen LogP contribution in [0.25, 0.3) is 173 Å². The Bertz CT molecular complexity index is 6200. The first-order chi connectivity index (χ1) is 47.9. The molecule has 0 saturated heterocycles. The molecule has 10 heteroatoms. The zero-order chi connectivity index (χ0) is 64.3. The number of nitrogens with zero attached hydrogens (tertiary/aromatic N) is 9. The van der Waals surface area contributed by atoms with Gasteiger partial charge in [0.25, 0.3) is 0 Å². The Kier molecular flexibility index (Phi) is 12.7. The van der Waals surface area contributed by atoms with Crippen LogP contribution in [0.15, 0.2) is 314 Å². The highest BCUT2D eigenvalue weighted by molar-refractivity contribution is 6.25. The summed E-state index contributed by atoms with van der Waals surface area (Å²) in [4.78, 5) is 30.4. The molecular weight excluding hydrogens is 1190 g/mol. The molecule has 0 atom stereocenters. The molecule has 97 heavy (non-hydrogen) atoms. The predicted molar refractivity (Wildman–Crippen MR) is 395 cm³/mol. The zero-order valence-corrected chi connectivity index (χ0v) is 52.9. The van der Waals surface area contributed by atoms with Gasteiger partial charge < -0.3 is 13.6 Å². The van der Waals surface area contributed by atoms with Crippen LogP contribution >= 0.6 is 0 Å².